The van der Waals surface area contributed by atoms with E-state index in [-0.39, 0.29) is 0 Å². The van der Waals surface area contributed by atoms with E-state index in [4.69, 9.17) is 0 Å². The van der Waals surface area contributed by atoms with Crippen LogP contribution >= 0.6 is 0 Å². The second-order valence-corrected chi connectivity index (χ2v) is 4.13. The van der Waals surface area contributed by atoms with E-state index in [0.29, 0.717) is 12.2 Å². The summed E-state index contributed by atoms with van der Waals surface area (Å²) in [6.07, 6.45) is -3.03. The molecule has 2 rings (SSSR count). The highest BCUT2D eigenvalue weighted by Crippen LogP contribution is 2.20. The third kappa shape index (κ3) is 4.38. The normalized spacial score (nSPS) is 11.3. The molecule has 0 aliphatic heterocycles. The number of anilines is 1. The second kappa shape index (κ2) is 5.72. The fraction of sp³-hybridized carbons (Fsp3) is 0.250. The van der Waals surface area contributed by atoms with Crippen molar-refractivity contribution in [3.05, 3.63) is 42.5 Å². The van der Waals surface area contributed by atoms with Crippen LogP contribution in [0.2, 0.25) is 0 Å². The van der Waals surface area contributed by atoms with E-state index >= 15 is 0 Å². The van der Waals surface area contributed by atoms with Gasteiger partial charge in [-0.05, 0) is 17.7 Å². The first kappa shape index (κ1) is 14.0. The van der Waals surface area contributed by atoms with Crippen LogP contribution in [0.15, 0.2) is 36.9 Å². The SMILES string of the molecule is O=C(CC(F)(F)F)Nc1ccc(Cn2cncn2)cc1. The van der Waals surface area contributed by atoms with Gasteiger partial charge < -0.3 is 5.32 Å². The highest BCUT2D eigenvalue weighted by Gasteiger charge is 2.31. The number of rotatable bonds is 4. The van der Waals surface area contributed by atoms with E-state index in [1.165, 1.54) is 6.33 Å². The van der Waals surface area contributed by atoms with Gasteiger partial charge in [-0.2, -0.15) is 18.3 Å². The standard InChI is InChI=1S/C12H11F3N4O/c13-12(14,15)5-11(20)18-10-3-1-9(2-4-10)6-19-8-16-7-17-19/h1-4,7-8H,5-6H2,(H,18,20). The molecule has 2 aromatic rings. The number of amides is 1. The maximum absolute atomic E-state index is 12.0. The molecule has 0 unspecified atom stereocenters. The first-order valence-electron chi connectivity index (χ1n) is 5.70. The zero-order chi connectivity index (χ0) is 14.6. The number of halogens is 3. The molecule has 1 aromatic heterocycles. The third-order valence-electron chi connectivity index (χ3n) is 2.41. The van der Waals surface area contributed by atoms with Gasteiger partial charge in [0.1, 0.15) is 19.1 Å². The van der Waals surface area contributed by atoms with Crippen molar-refractivity contribution in [3.8, 4) is 0 Å². The number of alkyl halides is 3. The van der Waals surface area contributed by atoms with Crippen LogP contribution in [0.3, 0.4) is 0 Å². The van der Waals surface area contributed by atoms with Gasteiger partial charge in [0.2, 0.25) is 5.91 Å². The van der Waals surface area contributed by atoms with E-state index in [0.717, 1.165) is 5.56 Å². The van der Waals surface area contributed by atoms with Crippen LogP contribution in [-0.2, 0) is 11.3 Å². The van der Waals surface area contributed by atoms with Crippen LogP contribution in [0.5, 0.6) is 0 Å². The zero-order valence-electron chi connectivity index (χ0n) is 10.3. The molecule has 0 radical (unpaired) electrons. The lowest BCUT2D eigenvalue weighted by Gasteiger charge is -2.08. The van der Waals surface area contributed by atoms with Gasteiger partial charge in [-0.25, -0.2) is 9.67 Å². The maximum atomic E-state index is 12.0. The average molecular weight is 284 g/mol. The molecule has 0 atom stereocenters. The molecule has 106 valence electrons. The van der Waals surface area contributed by atoms with Gasteiger partial charge in [0, 0.05) is 5.69 Å². The number of carbonyl (C=O) groups is 1. The Balaban J connectivity index is 1.93. The van der Waals surface area contributed by atoms with E-state index in [1.807, 2.05) is 0 Å². The van der Waals surface area contributed by atoms with Crippen molar-refractivity contribution in [1.29, 1.82) is 0 Å². The van der Waals surface area contributed by atoms with Gasteiger partial charge in [-0.3, -0.25) is 4.79 Å². The van der Waals surface area contributed by atoms with E-state index in [2.05, 4.69) is 15.4 Å². The van der Waals surface area contributed by atoms with Crippen LogP contribution in [0.1, 0.15) is 12.0 Å². The predicted octanol–water partition coefficient (Wildman–Crippen LogP) is 2.22. The Morgan fingerprint density at radius 3 is 2.50 bits per heavy atom. The number of nitrogens with one attached hydrogen (secondary N) is 1. The minimum absolute atomic E-state index is 0.321. The highest BCUT2D eigenvalue weighted by atomic mass is 19.4. The first-order valence-corrected chi connectivity index (χ1v) is 5.70. The fourth-order valence-electron chi connectivity index (χ4n) is 1.58. The first-order chi connectivity index (χ1) is 9.42. The summed E-state index contributed by atoms with van der Waals surface area (Å²) in [6.45, 7) is 0.497. The Morgan fingerprint density at radius 1 is 1.25 bits per heavy atom. The number of hydrogen-bond donors (Lipinski definition) is 1. The molecule has 8 heteroatoms. The molecule has 0 aliphatic carbocycles. The van der Waals surface area contributed by atoms with Crippen molar-refractivity contribution in [3.63, 3.8) is 0 Å². The molecule has 5 nitrogen and oxygen atoms in total. The molecule has 20 heavy (non-hydrogen) atoms. The lowest BCUT2D eigenvalue weighted by Crippen LogP contribution is -2.21. The Kier molecular flexibility index (Phi) is 4.02. The second-order valence-electron chi connectivity index (χ2n) is 4.13. The Bertz CT molecular complexity index is 563. The highest BCUT2D eigenvalue weighted by molar-refractivity contribution is 5.91. The molecule has 0 aliphatic rings. The minimum Gasteiger partial charge on any atom is -0.326 e. The van der Waals surface area contributed by atoms with Crippen molar-refractivity contribution in [2.75, 3.05) is 5.32 Å². The van der Waals surface area contributed by atoms with E-state index < -0.39 is 18.5 Å². The molecule has 1 amide bonds. The molecule has 1 heterocycles. The summed E-state index contributed by atoms with van der Waals surface area (Å²) in [5.74, 6) is -1.08. The molecule has 0 bridgehead atoms. The molecule has 0 spiro atoms. The summed E-state index contributed by atoms with van der Waals surface area (Å²) in [4.78, 5) is 14.9. The predicted molar refractivity (Wildman–Crippen MR) is 64.9 cm³/mol. The van der Waals surface area contributed by atoms with Crippen molar-refractivity contribution in [2.24, 2.45) is 0 Å². The van der Waals surface area contributed by atoms with Gasteiger partial charge in [0.15, 0.2) is 0 Å². The van der Waals surface area contributed by atoms with Gasteiger partial charge in [-0.15, -0.1) is 0 Å². The maximum Gasteiger partial charge on any atom is 0.397 e. The number of carbonyl (C=O) groups excluding carboxylic acids is 1. The molecular weight excluding hydrogens is 273 g/mol. The van der Waals surface area contributed by atoms with Gasteiger partial charge in [0.05, 0.1) is 6.54 Å². The van der Waals surface area contributed by atoms with Crippen LogP contribution in [0.4, 0.5) is 18.9 Å². The zero-order valence-corrected chi connectivity index (χ0v) is 10.3. The van der Waals surface area contributed by atoms with Crippen LogP contribution in [-0.4, -0.2) is 26.8 Å². The largest absolute Gasteiger partial charge is 0.397 e. The molecule has 0 saturated carbocycles. The molecule has 0 fully saturated rings. The van der Waals surface area contributed by atoms with Crippen LogP contribution in [0, 0.1) is 0 Å². The third-order valence-corrected chi connectivity index (χ3v) is 2.41. The summed E-state index contributed by atoms with van der Waals surface area (Å²) >= 11 is 0. The lowest BCUT2D eigenvalue weighted by molar-refractivity contribution is -0.150. The van der Waals surface area contributed by atoms with Gasteiger partial charge in [-0.1, -0.05) is 12.1 Å². The van der Waals surface area contributed by atoms with Crippen molar-refractivity contribution in [2.45, 2.75) is 19.1 Å². The quantitative estimate of drug-likeness (QED) is 0.936. The van der Waals surface area contributed by atoms with Crippen LogP contribution < -0.4 is 5.32 Å². The molecular formula is C12H11F3N4O. The lowest BCUT2D eigenvalue weighted by atomic mass is 10.2. The van der Waals surface area contributed by atoms with E-state index in [9.17, 15) is 18.0 Å². The molecule has 1 aromatic carbocycles. The summed E-state index contributed by atoms with van der Waals surface area (Å²) in [5, 5.41) is 6.12. The topological polar surface area (TPSA) is 59.8 Å². The number of aromatic nitrogens is 3. The summed E-state index contributed by atoms with van der Waals surface area (Å²) in [7, 11) is 0. The summed E-state index contributed by atoms with van der Waals surface area (Å²) in [6, 6.07) is 6.48. The summed E-state index contributed by atoms with van der Waals surface area (Å²) < 4.78 is 37.6. The van der Waals surface area contributed by atoms with Crippen molar-refractivity contribution >= 4 is 11.6 Å². The summed E-state index contributed by atoms with van der Waals surface area (Å²) in [5.41, 5.74) is 1.21. The fourth-order valence-corrected chi connectivity index (χ4v) is 1.58. The molecule has 0 saturated heterocycles. The van der Waals surface area contributed by atoms with Crippen molar-refractivity contribution < 1.29 is 18.0 Å². The van der Waals surface area contributed by atoms with Crippen LogP contribution in [0.25, 0.3) is 0 Å². The Morgan fingerprint density at radius 2 is 1.95 bits per heavy atom. The smallest absolute Gasteiger partial charge is 0.326 e. The number of hydrogen-bond acceptors (Lipinski definition) is 3. The van der Waals surface area contributed by atoms with E-state index in [1.54, 1.807) is 35.3 Å². The number of nitrogens with zero attached hydrogens (tertiary/aromatic N) is 3. The number of benzene rings is 1. The minimum atomic E-state index is -4.50. The average Bonchev–Trinajstić information content (AvgIpc) is 2.82. The van der Waals surface area contributed by atoms with Gasteiger partial charge >= 0.3 is 6.18 Å². The molecule has 1 N–H and O–H groups in total. The Hall–Kier alpha value is -2.38. The Labute approximate surface area is 112 Å². The van der Waals surface area contributed by atoms with Gasteiger partial charge in [0.25, 0.3) is 0 Å². The van der Waals surface area contributed by atoms with Crippen molar-refractivity contribution in [1.82, 2.24) is 14.8 Å². The monoisotopic (exact) mass is 284 g/mol.